The lowest BCUT2D eigenvalue weighted by atomic mass is 10.2. The summed E-state index contributed by atoms with van der Waals surface area (Å²) in [7, 11) is 0. The lowest BCUT2D eigenvalue weighted by Gasteiger charge is -2.12. The fourth-order valence-electron chi connectivity index (χ4n) is 1.35. The zero-order valence-electron chi connectivity index (χ0n) is 8.31. The first kappa shape index (κ1) is 12.9. The van der Waals surface area contributed by atoms with Crippen LogP contribution in [0.25, 0.3) is 0 Å². The van der Waals surface area contributed by atoms with Crippen LogP contribution in [-0.2, 0) is 14.3 Å². The largest absolute Gasteiger partial charge is 0.392 e. The molecule has 1 rings (SSSR count). The van der Waals surface area contributed by atoms with Crippen LogP contribution in [0.3, 0.4) is 0 Å². The highest BCUT2D eigenvalue weighted by Crippen LogP contribution is 2.10. The van der Waals surface area contributed by atoms with E-state index in [0.29, 0.717) is 11.5 Å². The molecular formula is C9H15NO3S2. The number of hydrogen-bond donors (Lipinski definition) is 3. The molecule has 15 heavy (non-hydrogen) atoms. The summed E-state index contributed by atoms with van der Waals surface area (Å²) in [6.07, 6.45) is 1.68. The van der Waals surface area contributed by atoms with Crippen LogP contribution in [0.4, 0.5) is 0 Å². The monoisotopic (exact) mass is 249 g/mol. The Kier molecular flexibility index (Phi) is 5.49. The summed E-state index contributed by atoms with van der Waals surface area (Å²) in [5.41, 5.74) is 0. The van der Waals surface area contributed by atoms with Crippen LogP contribution >= 0.6 is 25.3 Å². The van der Waals surface area contributed by atoms with E-state index < -0.39 is 17.9 Å². The van der Waals surface area contributed by atoms with Crippen LogP contribution in [0.5, 0.6) is 0 Å². The van der Waals surface area contributed by atoms with Crippen LogP contribution in [-0.4, -0.2) is 36.0 Å². The fourth-order valence-corrected chi connectivity index (χ4v) is 2.11. The molecule has 1 fully saturated rings. The predicted molar refractivity (Wildman–Crippen MR) is 63.3 cm³/mol. The first-order valence-electron chi connectivity index (χ1n) is 4.89. The number of carbonyl (C=O) groups excluding carboxylic acids is 2. The SMILES string of the molecule is O=C(OC(=O)[C@@H]1CCCN1)C(CS)CS. The van der Waals surface area contributed by atoms with Crippen molar-refractivity contribution in [3.8, 4) is 0 Å². The second kappa shape index (κ2) is 6.40. The summed E-state index contributed by atoms with van der Waals surface area (Å²) < 4.78 is 4.74. The van der Waals surface area contributed by atoms with Crippen molar-refractivity contribution in [1.82, 2.24) is 5.32 Å². The lowest BCUT2D eigenvalue weighted by molar-refractivity contribution is -0.162. The third kappa shape index (κ3) is 3.70. The lowest BCUT2D eigenvalue weighted by Crippen LogP contribution is -2.36. The van der Waals surface area contributed by atoms with Gasteiger partial charge in [-0.05, 0) is 19.4 Å². The molecule has 0 aliphatic carbocycles. The molecule has 0 spiro atoms. The number of nitrogens with one attached hydrogen (secondary N) is 1. The minimum absolute atomic E-state index is 0.325. The highest BCUT2D eigenvalue weighted by atomic mass is 32.1. The van der Waals surface area contributed by atoms with Crippen molar-refractivity contribution in [2.24, 2.45) is 5.92 Å². The zero-order chi connectivity index (χ0) is 11.3. The van der Waals surface area contributed by atoms with E-state index in [-0.39, 0.29) is 6.04 Å². The Morgan fingerprint density at radius 3 is 2.53 bits per heavy atom. The molecule has 6 heteroatoms. The number of hydrogen-bond acceptors (Lipinski definition) is 6. The van der Waals surface area contributed by atoms with Gasteiger partial charge in [-0.1, -0.05) is 0 Å². The Labute approximate surface area is 99.9 Å². The van der Waals surface area contributed by atoms with E-state index in [1.807, 2.05) is 0 Å². The molecule has 0 aromatic rings. The minimum atomic E-state index is -0.529. The van der Waals surface area contributed by atoms with Gasteiger partial charge in [0.25, 0.3) is 0 Å². The Balaban J connectivity index is 2.39. The van der Waals surface area contributed by atoms with Gasteiger partial charge in [0.15, 0.2) is 0 Å². The van der Waals surface area contributed by atoms with Gasteiger partial charge in [0.2, 0.25) is 0 Å². The molecule has 0 aromatic carbocycles. The maximum absolute atomic E-state index is 11.4. The summed E-state index contributed by atoms with van der Waals surface area (Å²) in [5.74, 6) is -0.742. The number of carbonyl (C=O) groups is 2. The Morgan fingerprint density at radius 2 is 2.07 bits per heavy atom. The molecule has 1 atom stereocenters. The normalized spacial score (nSPS) is 20.6. The molecule has 0 aromatic heterocycles. The predicted octanol–water partition coefficient (Wildman–Crippen LogP) is 0.284. The summed E-state index contributed by atoms with van der Waals surface area (Å²) >= 11 is 7.98. The van der Waals surface area contributed by atoms with Gasteiger partial charge in [0.05, 0.1) is 5.92 Å². The van der Waals surface area contributed by atoms with Gasteiger partial charge in [-0.2, -0.15) is 25.3 Å². The third-order valence-electron chi connectivity index (χ3n) is 2.32. The molecule has 1 N–H and O–H groups in total. The van der Waals surface area contributed by atoms with Gasteiger partial charge in [-0.3, -0.25) is 4.79 Å². The molecule has 1 aliphatic rings. The van der Waals surface area contributed by atoms with Gasteiger partial charge < -0.3 is 10.1 Å². The van der Waals surface area contributed by atoms with Crippen molar-refractivity contribution in [2.75, 3.05) is 18.1 Å². The third-order valence-corrected chi connectivity index (χ3v) is 3.20. The van der Waals surface area contributed by atoms with Crippen LogP contribution < -0.4 is 5.32 Å². The second-order valence-electron chi connectivity index (χ2n) is 3.45. The number of ether oxygens (including phenoxy) is 1. The van der Waals surface area contributed by atoms with Crippen LogP contribution in [0.15, 0.2) is 0 Å². The van der Waals surface area contributed by atoms with E-state index >= 15 is 0 Å². The van der Waals surface area contributed by atoms with Crippen molar-refractivity contribution in [2.45, 2.75) is 18.9 Å². The smallest absolute Gasteiger partial charge is 0.330 e. The maximum Gasteiger partial charge on any atom is 0.330 e. The molecule has 0 bridgehead atoms. The fraction of sp³-hybridized carbons (Fsp3) is 0.778. The molecule has 0 unspecified atom stereocenters. The van der Waals surface area contributed by atoms with Crippen molar-refractivity contribution in [3.05, 3.63) is 0 Å². The zero-order valence-corrected chi connectivity index (χ0v) is 10.1. The number of esters is 2. The number of thiol groups is 2. The van der Waals surface area contributed by atoms with Crippen molar-refractivity contribution >= 4 is 37.2 Å². The molecular weight excluding hydrogens is 234 g/mol. The Morgan fingerprint density at radius 1 is 1.40 bits per heavy atom. The molecule has 86 valence electrons. The topological polar surface area (TPSA) is 55.4 Å². The van der Waals surface area contributed by atoms with E-state index in [1.54, 1.807) is 0 Å². The average Bonchev–Trinajstić information content (AvgIpc) is 2.72. The molecule has 0 saturated carbocycles. The van der Waals surface area contributed by atoms with Gasteiger partial charge in [-0.15, -0.1) is 0 Å². The quantitative estimate of drug-likeness (QED) is 0.381. The van der Waals surface area contributed by atoms with Crippen molar-refractivity contribution in [3.63, 3.8) is 0 Å². The minimum Gasteiger partial charge on any atom is -0.392 e. The van der Waals surface area contributed by atoms with Crippen LogP contribution in [0, 0.1) is 5.92 Å². The summed E-state index contributed by atoms with van der Waals surface area (Å²) in [6.45, 7) is 0.802. The summed E-state index contributed by atoms with van der Waals surface area (Å²) in [6, 6.07) is -0.325. The molecule has 1 aliphatic heterocycles. The average molecular weight is 249 g/mol. The van der Waals surface area contributed by atoms with Gasteiger partial charge in [-0.25, -0.2) is 4.79 Å². The maximum atomic E-state index is 11.4. The standard InChI is InChI=1S/C9H15NO3S2/c11-8(6(4-14)5-15)13-9(12)7-2-1-3-10-7/h6-7,10,14-15H,1-5H2/t7-/m0/s1. The van der Waals surface area contributed by atoms with E-state index in [2.05, 4.69) is 30.6 Å². The van der Waals surface area contributed by atoms with E-state index in [9.17, 15) is 9.59 Å². The Bertz CT molecular complexity index is 226. The summed E-state index contributed by atoms with van der Waals surface area (Å²) in [4.78, 5) is 22.8. The van der Waals surface area contributed by atoms with E-state index in [4.69, 9.17) is 4.74 Å². The van der Waals surface area contributed by atoms with E-state index in [1.165, 1.54) is 0 Å². The molecule has 1 heterocycles. The second-order valence-corrected chi connectivity index (χ2v) is 4.18. The molecule has 0 amide bonds. The van der Waals surface area contributed by atoms with Crippen LogP contribution in [0.2, 0.25) is 0 Å². The first-order chi connectivity index (χ1) is 7.19. The van der Waals surface area contributed by atoms with Gasteiger partial charge in [0.1, 0.15) is 6.04 Å². The highest BCUT2D eigenvalue weighted by molar-refractivity contribution is 7.81. The van der Waals surface area contributed by atoms with Gasteiger partial charge in [0, 0.05) is 11.5 Å². The van der Waals surface area contributed by atoms with E-state index in [0.717, 1.165) is 19.4 Å². The molecule has 4 nitrogen and oxygen atoms in total. The van der Waals surface area contributed by atoms with Crippen molar-refractivity contribution < 1.29 is 14.3 Å². The summed E-state index contributed by atoms with van der Waals surface area (Å²) in [5, 5.41) is 2.97. The van der Waals surface area contributed by atoms with Crippen molar-refractivity contribution in [1.29, 1.82) is 0 Å². The van der Waals surface area contributed by atoms with Crippen LogP contribution in [0.1, 0.15) is 12.8 Å². The first-order valence-corrected chi connectivity index (χ1v) is 6.16. The number of rotatable bonds is 4. The highest BCUT2D eigenvalue weighted by Gasteiger charge is 2.27. The Hall–Kier alpha value is -0.200. The molecule has 1 saturated heterocycles. The molecule has 0 radical (unpaired) electrons. The van der Waals surface area contributed by atoms with Gasteiger partial charge >= 0.3 is 11.9 Å².